The first kappa shape index (κ1) is 40.1. The Morgan fingerprint density at radius 1 is 0.864 bits per heavy atom. The highest BCUT2D eigenvalue weighted by Gasteiger charge is 2.32. The van der Waals surface area contributed by atoms with Crippen LogP contribution in [0.25, 0.3) is 22.1 Å². The number of methoxy groups -OCH3 is 2. The number of rotatable bonds is 11. The van der Waals surface area contributed by atoms with Crippen molar-refractivity contribution in [3.8, 4) is 29.4 Å². The Morgan fingerprint density at radius 2 is 1.61 bits per heavy atom. The summed E-state index contributed by atoms with van der Waals surface area (Å²) in [4.78, 5) is 32.6. The van der Waals surface area contributed by atoms with Gasteiger partial charge in [-0.15, -0.1) is 0 Å². The molecule has 59 heavy (non-hydrogen) atoms. The Bertz CT molecular complexity index is 2510. The molecular weight excluding hydrogens is 749 g/mol. The van der Waals surface area contributed by atoms with E-state index in [0.29, 0.717) is 57.3 Å². The molecule has 0 amide bonds. The zero-order chi connectivity index (χ0) is 41.1. The van der Waals surface area contributed by atoms with E-state index in [1.165, 1.54) is 6.20 Å². The summed E-state index contributed by atoms with van der Waals surface area (Å²) in [6.45, 7) is 5.65. The maximum atomic E-state index is 12.2. The van der Waals surface area contributed by atoms with Gasteiger partial charge in [0.1, 0.15) is 52.8 Å². The van der Waals surface area contributed by atoms with Gasteiger partial charge in [-0.05, 0) is 85.9 Å². The van der Waals surface area contributed by atoms with Crippen LogP contribution >= 0.6 is 0 Å². The van der Waals surface area contributed by atoms with Crippen LogP contribution in [-0.4, -0.2) is 84.5 Å². The van der Waals surface area contributed by atoms with Crippen LogP contribution in [0.4, 0.5) is 17.2 Å². The number of nitrogens with one attached hydrogen (secondary N) is 3. The van der Waals surface area contributed by atoms with Crippen molar-refractivity contribution in [3.05, 3.63) is 108 Å². The minimum Gasteiger partial charge on any atom is -0.497 e. The van der Waals surface area contributed by atoms with E-state index in [1.807, 2.05) is 42.5 Å². The number of piperidine rings is 1. The molecule has 4 aromatic carbocycles. The molecule has 8 rings (SSSR count). The van der Waals surface area contributed by atoms with Crippen LogP contribution in [0.5, 0.6) is 17.2 Å². The number of ether oxygens (including phenoxy) is 3. The molecule has 1 atom stereocenters. The van der Waals surface area contributed by atoms with Crippen LogP contribution in [0.3, 0.4) is 0 Å². The minimum absolute atomic E-state index is 0.0507. The summed E-state index contributed by atoms with van der Waals surface area (Å²) in [6.07, 6.45) is 4.79. The number of carboxylic acids is 1. The lowest BCUT2D eigenvalue weighted by Gasteiger charge is -2.28. The molecule has 2 saturated heterocycles. The van der Waals surface area contributed by atoms with Gasteiger partial charge in [0, 0.05) is 37.9 Å². The Hall–Kier alpha value is -7.07. The smallest absolute Gasteiger partial charge is 0.312 e. The van der Waals surface area contributed by atoms with Gasteiger partial charge >= 0.3 is 5.97 Å². The normalized spacial score (nSPS) is 14.6. The van der Waals surface area contributed by atoms with E-state index in [0.717, 1.165) is 74.8 Å². The van der Waals surface area contributed by atoms with Gasteiger partial charge in [0.2, 0.25) is 0 Å². The molecule has 0 spiro atoms. The van der Waals surface area contributed by atoms with Crippen molar-refractivity contribution < 1.29 is 24.1 Å². The van der Waals surface area contributed by atoms with Gasteiger partial charge in [-0.3, -0.25) is 14.8 Å². The molecular formula is C44H44N10O5. The number of nitrogens with zero attached hydrogens (tertiary/aromatic N) is 7. The molecule has 2 aliphatic rings. The van der Waals surface area contributed by atoms with Gasteiger partial charge in [0.15, 0.2) is 11.5 Å². The Morgan fingerprint density at radius 3 is 2.32 bits per heavy atom. The standard InChI is InChI=1S/C31H31N5O5.C13H13N5/c1-39-22-6-3-19(4-7-22)18-41-27-10-5-21(15-28(27)40-2)35-24-8-9-25-30(23(24)16-32)36-26(17-34-25)29(31(37)38)20-11-13-33-14-12-20;14-8-10-2-1-3-11-13(10)17-12(9-16-11)18-6-4-15-5-7-18/h3-10,15,17,20,29,33,35H,11-14,18H2,1-2H3,(H,37,38);1-3,9,15H,4-7H2. The lowest BCUT2D eigenvalue weighted by Crippen LogP contribution is -2.43. The molecule has 0 aliphatic carbocycles. The number of benzene rings is 4. The summed E-state index contributed by atoms with van der Waals surface area (Å²) in [6, 6.07) is 26.4. The number of para-hydroxylation sites is 1. The quantitative estimate of drug-likeness (QED) is 0.120. The van der Waals surface area contributed by atoms with Crippen LogP contribution < -0.4 is 35.1 Å². The molecule has 6 aromatic rings. The first-order valence-electron chi connectivity index (χ1n) is 19.3. The van der Waals surface area contributed by atoms with Crippen LogP contribution in [-0.2, 0) is 11.4 Å². The van der Waals surface area contributed by atoms with E-state index in [9.17, 15) is 15.2 Å². The number of carbonyl (C=O) groups is 1. The Kier molecular flexibility index (Phi) is 12.9. The number of hydrogen-bond acceptors (Lipinski definition) is 14. The fraction of sp³-hybridized carbons (Fsp3) is 0.295. The summed E-state index contributed by atoms with van der Waals surface area (Å²) >= 11 is 0. The van der Waals surface area contributed by atoms with Crippen LogP contribution in [0, 0.1) is 28.6 Å². The Balaban J connectivity index is 0.000000243. The monoisotopic (exact) mass is 792 g/mol. The lowest BCUT2D eigenvalue weighted by molar-refractivity contribution is -0.140. The van der Waals surface area contributed by atoms with Crippen LogP contribution in [0.2, 0.25) is 0 Å². The average molecular weight is 793 g/mol. The predicted molar refractivity (Wildman–Crippen MR) is 223 cm³/mol. The minimum atomic E-state index is -0.931. The van der Waals surface area contributed by atoms with Crippen molar-refractivity contribution in [1.82, 2.24) is 30.6 Å². The predicted octanol–water partition coefficient (Wildman–Crippen LogP) is 5.92. The Labute approximate surface area is 341 Å². The van der Waals surface area contributed by atoms with Gasteiger partial charge in [0.05, 0.1) is 54.6 Å². The fourth-order valence-electron chi connectivity index (χ4n) is 7.27. The summed E-state index contributed by atoms with van der Waals surface area (Å²) in [5.41, 5.74) is 5.75. The van der Waals surface area contributed by atoms with Crippen molar-refractivity contribution in [2.45, 2.75) is 25.4 Å². The third-order valence-electron chi connectivity index (χ3n) is 10.4. The van der Waals surface area contributed by atoms with Gasteiger partial charge in [-0.1, -0.05) is 18.2 Å². The van der Waals surface area contributed by atoms with Crippen LogP contribution in [0.1, 0.15) is 41.1 Å². The number of aliphatic carboxylic acids is 1. The van der Waals surface area contributed by atoms with Crippen molar-refractivity contribution in [3.63, 3.8) is 0 Å². The fourth-order valence-corrected chi connectivity index (χ4v) is 7.27. The van der Waals surface area contributed by atoms with E-state index in [-0.39, 0.29) is 11.5 Å². The summed E-state index contributed by atoms with van der Waals surface area (Å²) in [7, 11) is 3.19. The molecule has 0 radical (unpaired) electrons. The molecule has 0 bridgehead atoms. The number of anilines is 3. The molecule has 15 nitrogen and oxygen atoms in total. The number of piperazine rings is 1. The van der Waals surface area contributed by atoms with Gasteiger partial charge in [-0.2, -0.15) is 10.5 Å². The first-order chi connectivity index (χ1) is 28.9. The molecule has 300 valence electrons. The number of fused-ring (bicyclic) bond motifs is 2. The van der Waals surface area contributed by atoms with Crippen molar-refractivity contribution >= 4 is 45.2 Å². The second kappa shape index (κ2) is 18.9. The van der Waals surface area contributed by atoms with Crippen molar-refractivity contribution in [2.24, 2.45) is 5.92 Å². The third kappa shape index (κ3) is 9.39. The second-order valence-corrected chi connectivity index (χ2v) is 14.0. The molecule has 4 heterocycles. The number of hydrogen-bond donors (Lipinski definition) is 4. The molecule has 15 heteroatoms. The second-order valence-electron chi connectivity index (χ2n) is 14.0. The van der Waals surface area contributed by atoms with Gasteiger partial charge in [0.25, 0.3) is 0 Å². The summed E-state index contributed by atoms with van der Waals surface area (Å²) in [5, 5.41) is 39.1. The first-order valence-corrected chi connectivity index (χ1v) is 19.3. The molecule has 4 N–H and O–H groups in total. The topological polar surface area (TPSA) is 203 Å². The molecule has 2 aromatic heterocycles. The number of nitriles is 2. The van der Waals surface area contributed by atoms with Gasteiger partial charge in [-0.25, -0.2) is 9.97 Å². The molecule has 2 aliphatic heterocycles. The molecule has 1 unspecified atom stereocenters. The maximum Gasteiger partial charge on any atom is 0.312 e. The highest BCUT2D eigenvalue weighted by molar-refractivity contribution is 5.89. The van der Waals surface area contributed by atoms with E-state index in [2.05, 4.69) is 52.9 Å². The maximum absolute atomic E-state index is 12.2. The van der Waals surface area contributed by atoms with Gasteiger partial charge < -0.3 is 40.2 Å². The number of aromatic nitrogens is 4. The lowest BCUT2D eigenvalue weighted by atomic mass is 9.83. The zero-order valence-electron chi connectivity index (χ0n) is 32.8. The van der Waals surface area contributed by atoms with E-state index in [1.54, 1.807) is 50.7 Å². The van der Waals surface area contributed by atoms with E-state index in [4.69, 9.17) is 19.5 Å². The van der Waals surface area contributed by atoms with Crippen molar-refractivity contribution in [2.75, 3.05) is 63.7 Å². The third-order valence-corrected chi connectivity index (χ3v) is 10.4. The van der Waals surface area contributed by atoms with E-state index < -0.39 is 11.9 Å². The van der Waals surface area contributed by atoms with Crippen molar-refractivity contribution in [1.29, 1.82) is 10.5 Å². The largest absolute Gasteiger partial charge is 0.497 e. The molecule has 0 saturated carbocycles. The van der Waals surface area contributed by atoms with Crippen LogP contribution in [0.15, 0.2) is 85.2 Å². The molecule has 2 fully saturated rings. The average Bonchev–Trinajstić information content (AvgIpc) is 3.29. The highest BCUT2D eigenvalue weighted by atomic mass is 16.5. The zero-order valence-corrected chi connectivity index (χ0v) is 32.8. The highest BCUT2D eigenvalue weighted by Crippen LogP contribution is 2.35. The SMILES string of the molecule is COc1ccc(COc2ccc(Nc3ccc4ncc(C(C(=O)O)C5CCNCC5)nc4c3C#N)cc2OC)cc1.N#Cc1cccc2ncc(N3CCNCC3)nc12. The van der Waals surface area contributed by atoms with E-state index >= 15 is 0 Å². The summed E-state index contributed by atoms with van der Waals surface area (Å²) in [5.74, 6) is 0.957. The summed E-state index contributed by atoms with van der Waals surface area (Å²) < 4.78 is 16.7. The number of carboxylic acid groups (broad SMARTS) is 1.